The molecule has 0 aliphatic rings. The highest BCUT2D eigenvalue weighted by molar-refractivity contribution is 5.97. The van der Waals surface area contributed by atoms with Crippen LogP contribution in [-0.2, 0) is 25.5 Å². The molecular formula is C21H23N3O5. The van der Waals surface area contributed by atoms with Crippen molar-refractivity contribution in [2.24, 2.45) is 0 Å². The SMILES string of the molecule is CNC(=O)CNC(=O)COC(=O)[C@@H](Cc1ccccc1)NC(=O)c1ccccc1. The lowest BCUT2D eigenvalue weighted by Crippen LogP contribution is -2.44. The number of likely N-dealkylation sites (N-methyl/N-ethyl adjacent to an activating group) is 1. The summed E-state index contributed by atoms with van der Waals surface area (Å²) < 4.78 is 5.04. The van der Waals surface area contributed by atoms with Crippen LogP contribution in [0.4, 0.5) is 0 Å². The van der Waals surface area contributed by atoms with Gasteiger partial charge in [0.2, 0.25) is 5.91 Å². The van der Waals surface area contributed by atoms with Crippen LogP contribution in [0.1, 0.15) is 15.9 Å². The first-order chi connectivity index (χ1) is 14.0. The Morgan fingerprint density at radius 2 is 1.52 bits per heavy atom. The molecule has 8 nitrogen and oxygen atoms in total. The number of hydrogen-bond acceptors (Lipinski definition) is 5. The van der Waals surface area contributed by atoms with Crippen LogP contribution in [0, 0.1) is 0 Å². The second kappa shape index (κ2) is 11.2. The van der Waals surface area contributed by atoms with Gasteiger partial charge in [-0.2, -0.15) is 0 Å². The Morgan fingerprint density at radius 1 is 0.897 bits per heavy atom. The van der Waals surface area contributed by atoms with Crippen molar-refractivity contribution >= 4 is 23.7 Å². The van der Waals surface area contributed by atoms with Gasteiger partial charge in [-0.3, -0.25) is 14.4 Å². The van der Waals surface area contributed by atoms with Crippen molar-refractivity contribution in [3.63, 3.8) is 0 Å². The molecule has 1 atom stereocenters. The molecule has 0 saturated carbocycles. The van der Waals surface area contributed by atoms with E-state index in [1.807, 2.05) is 30.3 Å². The first-order valence-electron chi connectivity index (χ1n) is 9.03. The molecule has 0 fully saturated rings. The van der Waals surface area contributed by atoms with E-state index in [0.717, 1.165) is 5.56 Å². The summed E-state index contributed by atoms with van der Waals surface area (Å²) in [6.45, 7) is -0.770. The average molecular weight is 397 g/mol. The van der Waals surface area contributed by atoms with E-state index in [1.165, 1.54) is 7.05 Å². The zero-order valence-corrected chi connectivity index (χ0v) is 16.0. The maximum atomic E-state index is 12.5. The van der Waals surface area contributed by atoms with E-state index in [4.69, 9.17) is 4.74 Å². The third kappa shape index (κ3) is 7.45. The smallest absolute Gasteiger partial charge is 0.329 e. The predicted molar refractivity (Wildman–Crippen MR) is 106 cm³/mol. The Labute approximate surface area is 168 Å². The molecule has 0 aliphatic carbocycles. The Kier molecular flexibility index (Phi) is 8.37. The third-order valence-corrected chi connectivity index (χ3v) is 3.98. The molecule has 0 unspecified atom stereocenters. The van der Waals surface area contributed by atoms with Crippen LogP contribution in [0.2, 0.25) is 0 Å². The van der Waals surface area contributed by atoms with E-state index in [0.29, 0.717) is 5.56 Å². The summed E-state index contributed by atoms with van der Waals surface area (Å²) in [4.78, 5) is 47.9. The monoisotopic (exact) mass is 397 g/mol. The zero-order chi connectivity index (χ0) is 21.1. The standard InChI is InChI=1S/C21H23N3O5/c1-22-18(25)13-23-19(26)14-29-21(28)17(12-15-8-4-2-5-9-15)24-20(27)16-10-6-3-7-11-16/h2-11,17H,12-14H2,1H3,(H,22,25)(H,23,26)(H,24,27)/t17-/m1/s1. The number of nitrogens with one attached hydrogen (secondary N) is 3. The van der Waals surface area contributed by atoms with E-state index < -0.39 is 30.4 Å². The van der Waals surface area contributed by atoms with Crippen molar-refractivity contribution in [2.75, 3.05) is 20.2 Å². The number of ether oxygens (including phenoxy) is 1. The van der Waals surface area contributed by atoms with Gasteiger partial charge in [-0.15, -0.1) is 0 Å². The number of carbonyl (C=O) groups excluding carboxylic acids is 4. The van der Waals surface area contributed by atoms with Gasteiger partial charge in [-0.25, -0.2) is 4.79 Å². The molecule has 0 spiro atoms. The predicted octanol–water partition coefficient (Wildman–Crippen LogP) is 0.433. The van der Waals surface area contributed by atoms with Gasteiger partial charge in [0.25, 0.3) is 11.8 Å². The third-order valence-electron chi connectivity index (χ3n) is 3.98. The number of amides is 3. The van der Waals surface area contributed by atoms with Crippen LogP contribution in [0.3, 0.4) is 0 Å². The fourth-order valence-electron chi connectivity index (χ4n) is 2.43. The van der Waals surface area contributed by atoms with Crippen molar-refractivity contribution in [2.45, 2.75) is 12.5 Å². The molecule has 3 amide bonds. The Morgan fingerprint density at radius 3 is 2.14 bits per heavy atom. The summed E-state index contributed by atoms with van der Waals surface area (Å²) in [5, 5.41) is 7.34. The molecule has 2 aromatic rings. The van der Waals surface area contributed by atoms with Gasteiger partial charge in [0.1, 0.15) is 6.04 Å². The van der Waals surface area contributed by atoms with Gasteiger partial charge in [0, 0.05) is 19.0 Å². The second-order valence-electron chi connectivity index (χ2n) is 6.14. The lowest BCUT2D eigenvalue weighted by atomic mass is 10.1. The Bertz CT molecular complexity index is 840. The van der Waals surface area contributed by atoms with Crippen molar-refractivity contribution in [1.29, 1.82) is 0 Å². The van der Waals surface area contributed by atoms with Gasteiger partial charge in [-0.05, 0) is 17.7 Å². The molecule has 152 valence electrons. The van der Waals surface area contributed by atoms with E-state index in [9.17, 15) is 19.2 Å². The summed E-state index contributed by atoms with van der Waals surface area (Å²) in [5.41, 5.74) is 1.23. The molecule has 8 heteroatoms. The lowest BCUT2D eigenvalue weighted by Gasteiger charge is -2.18. The molecular weight excluding hydrogens is 374 g/mol. The Hall–Kier alpha value is -3.68. The van der Waals surface area contributed by atoms with Crippen LogP contribution < -0.4 is 16.0 Å². The Balaban J connectivity index is 2.00. The maximum absolute atomic E-state index is 12.5. The fourth-order valence-corrected chi connectivity index (χ4v) is 2.43. The molecule has 2 aromatic carbocycles. The highest BCUT2D eigenvalue weighted by Crippen LogP contribution is 2.07. The van der Waals surface area contributed by atoms with Crippen molar-refractivity contribution in [1.82, 2.24) is 16.0 Å². The van der Waals surface area contributed by atoms with Gasteiger partial charge < -0.3 is 20.7 Å². The molecule has 0 aromatic heterocycles. The molecule has 29 heavy (non-hydrogen) atoms. The first-order valence-corrected chi connectivity index (χ1v) is 9.03. The topological polar surface area (TPSA) is 114 Å². The molecule has 3 N–H and O–H groups in total. The lowest BCUT2D eigenvalue weighted by molar-refractivity contribution is -0.150. The van der Waals surface area contributed by atoms with E-state index in [2.05, 4.69) is 16.0 Å². The van der Waals surface area contributed by atoms with Crippen LogP contribution in [0.15, 0.2) is 60.7 Å². The summed E-state index contributed by atoms with van der Waals surface area (Å²) in [7, 11) is 1.44. The summed E-state index contributed by atoms with van der Waals surface area (Å²) in [6.07, 6.45) is 0.206. The van der Waals surface area contributed by atoms with Gasteiger partial charge in [0.05, 0.1) is 6.54 Å². The quantitative estimate of drug-likeness (QED) is 0.531. The summed E-state index contributed by atoms with van der Waals surface area (Å²) >= 11 is 0. The van der Waals surface area contributed by atoms with Crippen molar-refractivity contribution in [3.8, 4) is 0 Å². The minimum Gasteiger partial charge on any atom is -0.454 e. The van der Waals surface area contributed by atoms with Crippen LogP contribution in [-0.4, -0.2) is 49.9 Å². The normalized spacial score (nSPS) is 11.1. The van der Waals surface area contributed by atoms with Gasteiger partial charge >= 0.3 is 5.97 Å². The van der Waals surface area contributed by atoms with Crippen LogP contribution in [0.25, 0.3) is 0 Å². The number of benzene rings is 2. The van der Waals surface area contributed by atoms with Crippen LogP contribution >= 0.6 is 0 Å². The molecule has 2 rings (SSSR count). The highest BCUT2D eigenvalue weighted by atomic mass is 16.5. The fraction of sp³-hybridized carbons (Fsp3) is 0.238. The first kappa shape index (κ1) is 21.6. The average Bonchev–Trinajstić information content (AvgIpc) is 2.76. The highest BCUT2D eigenvalue weighted by Gasteiger charge is 2.24. The molecule has 0 radical (unpaired) electrons. The maximum Gasteiger partial charge on any atom is 0.329 e. The van der Waals surface area contributed by atoms with E-state index in [1.54, 1.807) is 30.3 Å². The van der Waals surface area contributed by atoms with E-state index >= 15 is 0 Å². The number of carbonyl (C=O) groups is 4. The van der Waals surface area contributed by atoms with Crippen molar-refractivity contribution < 1.29 is 23.9 Å². The van der Waals surface area contributed by atoms with E-state index in [-0.39, 0.29) is 18.9 Å². The number of esters is 1. The minimum absolute atomic E-state index is 0.206. The number of rotatable bonds is 9. The molecule has 0 bridgehead atoms. The summed E-state index contributed by atoms with van der Waals surface area (Å²) in [6, 6.07) is 16.6. The zero-order valence-electron chi connectivity index (χ0n) is 16.0. The van der Waals surface area contributed by atoms with Crippen LogP contribution in [0.5, 0.6) is 0 Å². The second-order valence-corrected chi connectivity index (χ2v) is 6.14. The van der Waals surface area contributed by atoms with Gasteiger partial charge in [-0.1, -0.05) is 48.5 Å². The van der Waals surface area contributed by atoms with Gasteiger partial charge in [0.15, 0.2) is 6.61 Å². The largest absolute Gasteiger partial charge is 0.454 e. The number of hydrogen-bond donors (Lipinski definition) is 3. The summed E-state index contributed by atoms with van der Waals surface area (Å²) in [5.74, 6) is -2.16. The van der Waals surface area contributed by atoms with Crippen molar-refractivity contribution in [3.05, 3.63) is 71.8 Å². The molecule has 0 saturated heterocycles. The minimum atomic E-state index is -0.975. The molecule has 0 heterocycles. The molecule has 0 aliphatic heterocycles.